The lowest BCUT2D eigenvalue weighted by molar-refractivity contribution is 0.399. The van der Waals surface area contributed by atoms with Crippen molar-refractivity contribution in [2.24, 2.45) is 0 Å². The fraction of sp³-hybridized carbons (Fsp3) is 0.333. The highest BCUT2D eigenvalue weighted by molar-refractivity contribution is 7.91. The van der Waals surface area contributed by atoms with Crippen LogP contribution in [-0.2, 0) is 21.7 Å². The number of benzene rings is 2. The van der Waals surface area contributed by atoms with Gasteiger partial charge in [-0.2, -0.15) is 0 Å². The second-order valence-corrected chi connectivity index (χ2v) is 9.75. The summed E-state index contributed by atoms with van der Waals surface area (Å²) >= 11 is 0. The van der Waals surface area contributed by atoms with E-state index in [1.165, 1.54) is 19.2 Å². The lowest BCUT2D eigenvalue weighted by Crippen LogP contribution is -2.12. The first kappa shape index (κ1) is 21.6. The molecule has 160 valence electrons. The summed E-state index contributed by atoms with van der Waals surface area (Å²) in [7, 11) is -0.919. The van der Waals surface area contributed by atoms with Crippen LogP contribution in [0.15, 0.2) is 46.3 Å². The molecule has 1 heterocycles. The van der Waals surface area contributed by atoms with Crippen LogP contribution in [0.25, 0.3) is 0 Å². The van der Waals surface area contributed by atoms with Crippen molar-refractivity contribution in [2.45, 2.75) is 42.5 Å². The summed E-state index contributed by atoms with van der Waals surface area (Å²) in [6.45, 7) is 5.81. The number of sulfone groups is 1. The van der Waals surface area contributed by atoms with E-state index in [1.807, 2.05) is 20.8 Å². The molecule has 1 aromatic heterocycles. The summed E-state index contributed by atoms with van der Waals surface area (Å²) in [5, 5.41) is 20.4. The third kappa shape index (κ3) is 4.11. The van der Waals surface area contributed by atoms with Crippen LogP contribution in [0, 0.1) is 0 Å². The van der Waals surface area contributed by atoms with E-state index in [0.29, 0.717) is 28.3 Å². The summed E-state index contributed by atoms with van der Waals surface area (Å²) in [6, 6.07) is 9.61. The molecule has 2 aromatic carbocycles. The quantitative estimate of drug-likeness (QED) is 0.616. The highest BCUT2D eigenvalue weighted by Gasteiger charge is 2.28. The molecule has 8 nitrogen and oxygen atoms in total. The Morgan fingerprint density at radius 1 is 1.07 bits per heavy atom. The van der Waals surface area contributed by atoms with Gasteiger partial charge >= 0.3 is 0 Å². The Hall–Kier alpha value is -3.07. The maximum Gasteiger partial charge on any atom is 0.227 e. The van der Waals surface area contributed by atoms with E-state index in [0.717, 1.165) is 0 Å². The number of hydrogen-bond donors (Lipinski definition) is 2. The Balaban J connectivity index is 2.02. The van der Waals surface area contributed by atoms with Crippen LogP contribution in [-0.4, -0.2) is 43.2 Å². The summed E-state index contributed by atoms with van der Waals surface area (Å²) in [6.07, 6.45) is 0.188. The number of ether oxygens (including phenoxy) is 2. The normalized spacial score (nSPS) is 12.0. The van der Waals surface area contributed by atoms with Crippen molar-refractivity contribution < 1.29 is 23.0 Å². The van der Waals surface area contributed by atoms with Crippen molar-refractivity contribution in [3.8, 4) is 17.2 Å². The predicted molar refractivity (Wildman–Crippen MR) is 111 cm³/mol. The fourth-order valence-electron chi connectivity index (χ4n) is 3.20. The van der Waals surface area contributed by atoms with Gasteiger partial charge in [0.25, 0.3) is 0 Å². The maximum absolute atomic E-state index is 13.2. The second kappa shape index (κ2) is 7.98. The molecule has 0 amide bonds. The van der Waals surface area contributed by atoms with Gasteiger partial charge in [0.2, 0.25) is 14.9 Å². The molecular weight excluding hydrogens is 406 g/mol. The van der Waals surface area contributed by atoms with Crippen LogP contribution in [0.1, 0.15) is 37.6 Å². The van der Waals surface area contributed by atoms with Gasteiger partial charge in [-0.1, -0.05) is 32.1 Å². The van der Waals surface area contributed by atoms with Crippen molar-refractivity contribution in [1.29, 1.82) is 0 Å². The molecule has 0 fully saturated rings. The lowest BCUT2D eigenvalue weighted by Gasteiger charge is -2.20. The number of nitrogens with zero attached hydrogens (tertiary/aromatic N) is 2. The molecule has 0 spiro atoms. The topological polar surface area (TPSA) is 114 Å². The summed E-state index contributed by atoms with van der Waals surface area (Å²) in [5.41, 5.74) is 1.35. The summed E-state index contributed by atoms with van der Waals surface area (Å²) in [4.78, 5) is -0.0549. The van der Waals surface area contributed by atoms with Crippen LogP contribution in [0.3, 0.4) is 0 Å². The number of aromatic amines is 1. The molecule has 0 aliphatic heterocycles. The van der Waals surface area contributed by atoms with Crippen molar-refractivity contribution >= 4 is 9.84 Å². The first-order valence-corrected chi connectivity index (χ1v) is 10.8. The highest BCUT2D eigenvalue weighted by atomic mass is 32.2. The molecule has 2 N–H and O–H groups in total. The number of phenolic OH excluding ortho intramolecular Hbond substituents is 1. The molecular formula is C21H25N3O5S. The Bertz CT molecular complexity index is 1160. The number of aromatic nitrogens is 3. The zero-order valence-electron chi connectivity index (χ0n) is 17.6. The molecule has 0 aliphatic carbocycles. The van der Waals surface area contributed by atoms with Crippen molar-refractivity contribution in [1.82, 2.24) is 15.4 Å². The van der Waals surface area contributed by atoms with Crippen molar-refractivity contribution in [3.05, 3.63) is 53.2 Å². The minimum absolute atomic E-state index is 0.0549. The Labute approximate surface area is 175 Å². The lowest BCUT2D eigenvalue weighted by atomic mass is 9.86. The maximum atomic E-state index is 13.2. The van der Waals surface area contributed by atoms with Gasteiger partial charge in [0, 0.05) is 12.0 Å². The number of aromatic hydroxyl groups is 1. The first-order chi connectivity index (χ1) is 14.1. The standard InChI is InChI=1S/C21H25N3O5S/c1-21(2,3)16-8-7-15(12-18(16)25)30(26,27)20-17(22-24-23-20)11-13-10-14(28-4)6-9-19(13)29-5/h6-10,12,25H,11H2,1-5H3,(H,22,23,24). The Kier molecular flexibility index (Phi) is 5.76. The zero-order chi connectivity index (χ0) is 22.1. The molecule has 0 bridgehead atoms. The Morgan fingerprint density at radius 2 is 1.80 bits per heavy atom. The number of H-pyrrole nitrogens is 1. The Morgan fingerprint density at radius 3 is 2.40 bits per heavy atom. The van der Waals surface area contributed by atoms with Gasteiger partial charge in [-0.15, -0.1) is 5.10 Å². The molecule has 0 unspecified atom stereocenters. The van der Waals surface area contributed by atoms with Gasteiger partial charge in [-0.3, -0.25) is 5.10 Å². The van der Waals surface area contributed by atoms with Gasteiger partial charge < -0.3 is 14.6 Å². The summed E-state index contributed by atoms with van der Waals surface area (Å²) in [5.74, 6) is 1.12. The van der Waals surface area contributed by atoms with E-state index in [9.17, 15) is 13.5 Å². The number of nitrogens with one attached hydrogen (secondary N) is 1. The van der Waals surface area contributed by atoms with E-state index in [2.05, 4.69) is 15.4 Å². The number of hydrogen-bond acceptors (Lipinski definition) is 7. The first-order valence-electron chi connectivity index (χ1n) is 9.27. The molecule has 0 aliphatic rings. The minimum Gasteiger partial charge on any atom is -0.508 e. The van der Waals surface area contributed by atoms with E-state index >= 15 is 0 Å². The average Bonchev–Trinajstić information content (AvgIpc) is 3.15. The molecule has 9 heteroatoms. The SMILES string of the molecule is COc1ccc(OC)c(Cc2[nH]nnc2S(=O)(=O)c2ccc(C(C)(C)C)c(O)c2)c1. The fourth-order valence-corrected chi connectivity index (χ4v) is 4.53. The molecule has 3 aromatic rings. The molecule has 3 rings (SSSR count). The van der Waals surface area contributed by atoms with Crippen LogP contribution in [0.5, 0.6) is 17.2 Å². The van der Waals surface area contributed by atoms with Crippen LogP contribution in [0.4, 0.5) is 0 Å². The van der Waals surface area contributed by atoms with E-state index in [-0.39, 0.29) is 27.5 Å². The van der Waals surface area contributed by atoms with E-state index in [1.54, 1.807) is 31.4 Å². The number of phenols is 1. The number of methoxy groups -OCH3 is 2. The van der Waals surface area contributed by atoms with Gasteiger partial charge in [0.1, 0.15) is 17.2 Å². The molecule has 30 heavy (non-hydrogen) atoms. The van der Waals surface area contributed by atoms with Crippen LogP contribution >= 0.6 is 0 Å². The van der Waals surface area contributed by atoms with Gasteiger partial charge in [-0.25, -0.2) is 8.42 Å². The monoisotopic (exact) mass is 431 g/mol. The minimum atomic E-state index is -4.00. The van der Waals surface area contributed by atoms with Crippen LogP contribution < -0.4 is 9.47 Å². The van der Waals surface area contributed by atoms with Gasteiger partial charge in [0.05, 0.1) is 24.8 Å². The van der Waals surface area contributed by atoms with Crippen molar-refractivity contribution in [3.63, 3.8) is 0 Å². The molecule has 0 saturated carbocycles. The molecule has 0 saturated heterocycles. The van der Waals surface area contributed by atoms with Crippen molar-refractivity contribution in [2.75, 3.05) is 14.2 Å². The van der Waals surface area contributed by atoms with E-state index < -0.39 is 9.84 Å². The number of rotatable bonds is 6. The second-order valence-electron chi connectivity index (χ2n) is 7.88. The largest absolute Gasteiger partial charge is 0.508 e. The zero-order valence-corrected chi connectivity index (χ0v) is 18.4. The average molecular weight is 432 g/mol. The summed E-state index contributed by atoms with van der Waals surface area (Å²) < 4.78 is 37.0. The molecule has 0 atom stereocenters. The van der Waals surface area contributed by atoms with Crippen LogP contribution in [0.2, 0.25) is 0 Å². The smallest absolute Gasteiger partial charge is 0.227 e. The predicted octanol–water partition coefficient (Wildman–Crippen LogP) is 3.25. The third-order valence-electron chi connectivity index (χ3n) is 4.78. The highest BCUT2D eigenvalue weighted by Crippen LogP contribution is 2.34. The third-order valence-corrected chi connectivity index (χ3v) is 6.49. The molecule has 0 radical (unpaired) electrons. The van der Waals surface area contributed by atoms with E-state index in [4.69, 9.17) is 9.47 Å². The van der Waals surface area contributed by atoms with Gasteiger partial charge in [-0.05, 0) is 41.3 Å². The van der Waals surface area contributed by atoms with Gasteiger partial charge in [0.15, 0.2) is 0 Å².